The van der Waals surface area contributed by atoms with Gasteiger partial charge in [0.15, 0.2) is 0 Å². The molecule has 1 rings (SSSR count). The number of hydrogen-bond acceptors (Lipinski definition) is 6. The largest absolute Gasteiger partial charge is 0.467 e. The van der Waals surface area contributed by atoms with E-state index in [0.717, 1.165) is 25.7 Å². The summed E-state index contributed by atoms with van der Waals surface area (Å²) in [4.78, 5) is 38.5. The second-order valence-corrected chi connectivity index (χ2v) is 8.04. The number of methoxy groups -OCH3 is 1. The average molecular weight is 399 g/mol. The van der Waals surface area contributed by atoms with Crippen molar-refractivity contribution in [2.75, 3.05) is 13.7 Å². The number of esters is 1. The Labute approximate surface area is 167 Å². The van der Waals surface area contributed by atoms with Crippen molar-refractivity contribution in [2.45, 2.75) is 83.1 Å². The van der Waals surface area contributed by atoms with E-state index in [0.29, 0.717) is 6.42 Å². The number of unbranched alkanes of at least 4 members (excludes halogenated alkanes) is 3. The lowest BCUT2D eigenvalue weighted by atomic mass is 10.1. The molecule has 0 aromatic carbocycles. The number of hydrogen-bond donors (Lipinski definition) is 2. The molecule has 0 bridgehead atoms. The monoisotopic (exact) mass is 398 g/mol. The van der Waals surface area contributed by atoms with Crippen LogP contribution in [0.3, 0.4) is 0 Å². The zero-order valence-corrected chi connectivity index (χ0v) is 17.4. The molecule has 1 aliphatic rings. The van der Waals surface area contributed by atoms with Crippen molar-refractivity contribution < 1.29 is 29.0 Å². The third kappa shape index (κ3) is 7.88. The average Bonchev–Trinajstić information content (AvgIpc) is 2.99. The van der Waals surface area contributed by atoms with E-state index in [1.165, 1.54) is 12.0 Å². The number of aliphatic hydroxyl groups excluding tert-OH is 1. The number of alkyl carbamates (subject to hydrolysis) is 1. The molecule has 1 unspecified atom stereocenters. The van der Waals surface area contributed by atoms with Crippen molar-refractivity contribution in [1.82, 2.24) is 10.2 Å². The van der Waals surface area contributed by atoms with Crippen molar-refractivity contribution in [2.24, 2.45) is 0 Å². The SMILES string of the molecule is C=CCCCCC[C@H](NC(=O)OC(C)(C)C)C(=O)N1CC(O)C[C@H]1C(=O)OC. The summed E-state index contributed by atoms with van der Waals surface area (Å²) >= 11 is 0. The van der Waals surface area contributed by atoms with Crippen molar-refractivity contribution in [3.63, 3.8) is 0 Å². The van der Waals surface area contributed by atoms with Gasteiger partial charge >= 0.3 is 12.1 Å². The van der Waals surface area contributed by atoms with Crippen molar-refractivity contribution in [3.05, 3.63) is 12.7 Å². The maximum absolute atomic E-state index is 13.1. The maximum atomic E-state index is 13.1. The lowest BCUT2D eigenvalue weighted by Gasteiger charge is -2.28. The summed E-state index contributed by atoms with van der Waals surface area (Å²) in [6.07, 6.45) is 4.33. The minimum Gasteiger partial charge on any atom is -0.467 e. The highest BCUT2D eigenvalue weighted by atomic mass is 16.6. The Bertz CT molecular complexity index is 557. The number of ether oxygens (including phenoxy) is 2. The quantitative estimate of drug-likeness (QED) is 0.350. The first-order valence-electron chi connectivity index (χ1n) is 9.75. The Balaban J connectivity index is 2.85. The van der Waals surface area contributed by atoms with E-state index in [9.17, 15) is 19.5 Å². The second-order valence-electron chi connectivity index (χ2n) is 8.04. The van der Waals surface area contributed by atoms with Gasteiger partial charge in [-0.15, -0.1) is 6.58 Å². The number of aliphatic hydroxyl groups is 1. The molecule has 28 heavy (non-hydrogen) atoms. The Morgan fingerprint density at radius 3 is 2.54 bits per heavy atom. The van der Waals surface area contributed by atoms with Crippen molar-refractivity contribution in [3.8, 4) is 0 Å². The first-order valence-corrected chi connectivity index (χ1v) is 9.75. The number of carbonyl (C=O) groups is 3. The van der Waals surface area contributed by atoms with Gasteiger partial charge < -0.3 is 24.8 Å². The highest BCUT2D eigenvalue weighted by molar-refractivity contribution is 5.90. The van der Waals surface area contributed by atoms with Gasteiger partial charge in [-0.3, -0.25) is 4.79 Å². The van der Waals surface area contributed by atoms with E-state index in [-0.39, 0.29) is 13.0 Å². The zero-order chi connectivity index (χ0) is 21.3. The second kappa shape index (κ2) is 11.0. The van der Waals surface area contributed by atoms with E-state index >= 15 is 0 Å². The van der Waals surface area contributed by atoms with Gasteiger partial charge in [0.2, 0.25) is 5.91 Å². The molecule has 0 aromatic heterocycles. The number of carbonyl (C=O) groups excluding carboxylic acids is 3. The number of likely N-dealkylation sites (tertiary alicyclic amines) is 1. The fourth-order valence-electron chi connectivity index (χ4n) is 3.14. The molecule has 1 saturated heterocycles. The summed E-state index contributed by atoms with van der Waals surface area (Å²) in [5.41, 5.74) is -0.694. The number of β-amino-alcohol motifs (C(OH)–C–C–N with tert-alkyl or cyclic N) is 1. The van der Waals surface area contributed by atoms with Crippen LogP contribution < -0.4 is 5.32 Å². The zero-order valence-electron chi connectivity index (χ0n) is 17.4. The van der Waals surface area contributed by atoms with E-state index in [4.69, 9.17) is 9.47 Å². The molecule has 2 N–H and O–H groups in total. The molecule has 0 aromatic rings. The molecular weight excluding hydrogens is 364 g/mol. The molecule has 0 aliphatic carbocycles. The minimum atomic E-state index is -0.851. The molecule has 8 nitrogen and oxygen atoms in total. The van der Waals surface area contributed by atoms with Crippen molar-refractivity contribution >= 4 is 18.0 Å². The number of allylic oxidation sites excluding steroid dienone is 1. The lowest BCUT2D eigenvalue weighted by molar-refractivity contribution is -0.151. The highest BCUT2D eigenvalue weighted by Crippen LogP contribution is 2.22. The van der Waals surface area contributed by atoms with Crippen LogP contribution in [0, 0.1) is 0 Å². The summed E-state index contributed by atoms with van der Waals surface area (Å²) in [5.74, 6) is -0.992. The Hall–Kier alpha value is -2.09. The van der Waals surface area contributed by atoms with Gasteiger partial charge in [-0.05, 0) is 40.0 Å². The predicted molar refractivity (Wildman–Crippen MR) is 105 cm³/mol. The highest BCUT2D eigenvalue weighted by Gasteiger charge is 2.42. The van der Waals surface area contributed by atoms with Gasteiger partial charge in [0, 0.05) is 13.0 Å². The smallest absolute Gasteiger partial charge is 0.408 e. The third-order valence-electron chi connectivity index (χ3n) is 4.43. The molecule has 160 valence electrons. The van der Waals surface area contributed by atoms with Gasteiger partial charge in [-0.25, -0.2) is 9.59 Å². The fourth-order valence-corrected chi connectivity index (χ4v) is 3.14. The maximum Gasteiger partial charge on any atom is 0.408 e. The molecular formula is C20H34N2O6. The summed E-state index contributed by atoms with van der Waals surface area (Å²) in [5, 5.41) is 12.6. The van der Waals surface area contributed by atoms with E-state index in [1.54, 1.807) is 20.8 Å². The van der Waals surface area contributed by atoms with Crippen molar-refractivity contribution in [1.29, 1.82) is 0 Å². The summed E-state index contributed by atoms with van der Waals surface area (Å²) in [6, 6.07) is -1.69. The van der Waals surface area contributed by atoms with Gasteiger partial charge in [-0.2, -0.15) is 0 Å². The number of amides is 2. The van der Waals surface area contributed by atoms with Crippen LogP contribution in [0.15, 0.2) is 12.7 Å². The van der Waals surface area contributed by atoms with Crippen LogP contribution in [-0.4, -0.2) is 65.4 Å². The van der Waals surface area contributed by atoms with Gasteiger partial charge in [-0.1, -0.05) is 18.9 Å². The third-order valence-corrected chi connectivity index (χ3v) is 4.43. The molecule has 1 fully saturated rings. The lowest BCUT2D eigenvalue weighted by Crippen LogP contribution is -2.52. The first-order chi connectivity index (χ1) is 13.1. The van der Waals surface area contributed by atoms with E-state index in [2.05, 4.69) is 11.9 Å². The van der Waals surface area contributed by atoms with Crippen LogP contribution in [0.1, 0.15) is 59.3 Å². The normalized spacial score (nSPS) is 20.4. The fraction of sp³-hybridized carbons (Fsp3) is 0.750. The molecule has 0 spiro atoms. The Kier molecular flexibility index (Phi) is 9.45. The number of nitrogens with one attached hydrogen (secondary N) is 1. The predicted octanol–water partition coefficient (Wildman–Crippen LogP) is 2.15. The van der Waals surface area contributed by atoms with Crippen LogP contribution >= 0.6 is 0 Å². The molecule has 1 heterocycles. The van der Waals surface area contributed by atoms with Crippen LogP contribution in [-0.2, 0) is 19.1 Å². The molecule has 2 amide bonds. The molecule has 3 atom stereocenters. The van der Waals surface area contributed by atoms with Crippen LogP contribution in [0.2, 0.25) is 0 Å². The Morgan fingerprint density at radius 2 is 1.96 bits per heavy atom. The van der Waals surface area contributed by atoms with Crippen LogP contribution in [0.5, 0.6) is 0 Å². The topological polar surface area (TPSA) is 105 Å². The minimum absolute atomic E-state index is 0.0293. The molecule has 0 saturated carbocycles. The first kappa shape index (κ1) is 23.9. The van der Waals surface area contributed by atoms with Crippen LogP contribution in [0.25, 0.3) is 0 Å². The van der Waals surface area contributed by atoms with E-state index < -0.39 is 41.8 Å². The molecule has 8 heteroatoms. The number of rotatable bonds is 9. The summed E-state index contributed by atoms with van der Waals surface area (Å²) < 4.78 is 10.0. The van der Waals surface area contributed by atoms with E-state index in [1.807, 2.05) is 6.08 Å². The van der Waals surface area contributed by atoms with Crippen LogP contribution in [0.4, 0.5) is 4.79 Å². The number of nitrogens with zero attached hydrogens (tertiary/aromatic N) is 1. The summed E-state index contributed by atoms with van der Waals surface area (Å²) in [6.45, 7) is 8.93. The van der Waals surface area contributed by atoms with Gasteiger partial charge in [0.05, 0.1) is 13.2 Å². The molecule has 1 aliphatic heterocycles. The Morgan fingerprint density at radius 1 is 1.29 bits per heavy atom. The van der Waals surface area contributed by atoms with Gasteiger partial charge in [0.1, 0.15) is 17.7 Å². The van der Waals surface area contributed by atoms with Gasteiger partial charge in [0.25, 0.3) is 0 Å². The molecule has 0 radical (unpaired) electrons. The standard InChI is InChI=1S/C20H34N2O6/c1-6-7-8-9-10-11-15(21-19(26)28-20(2,3)4)17(24)22-13-14(23)12-16(22)18(25)27-5/h6,14-16,23H,1,7-13H2,2-5H3,(H,21,26)/t14?,15-,16-/m0/s1. The summed E-state index contributed by atoms with van der Waals surface area (Å²) in [7, 11) is 1.24.